The minimum atomic E-state index is -0.422. The molecule has 3 N–H and O–H groups in total. The quantitative estimate of drug-likeness (QED) is 0.779. The molecular weight excluding hydrogens is 316 g/mol. The largest absolute Gasteiger partial charge is 0.491 e. The molecule has 6 heteroatoms. The van der Waals surface area contributed by atoms with E-state index in [2.05, 4.69) is 5.32 Å². The molecule has 1 aliphatic carbocycles. The van der Waals surface area contributed by atoms with Crippen molar-refractivity contribution in [1.29, 1.82) is 0 Å². The first-order valence-electron chi connectivity index (χ1n) is 7.84. The van der Waals surface area contributed by atoms with Gasteiger partial charge >= 0.3 is 0 Å². The number of benzene rings is 1. The monoisotopic (exact) mass is 342 g/mol. The Kier molecular flexibility index (Phi) is 7.82. The molecule has 2 unspecified atom stereocenters. The van der Waals surface area contributed by atoms with Crippen molar-refractivity contribution in [2.45, 2.75) is 38.1 Å². The van der Waals surface area contributed by atoms with E-state index in [0.717, 1.165) is 31.4 Å². The third kappa shape index (κ3) is 5.68. The molecule has 2 rings (SSSR count). The zero-order valence-electron chi connectivity index (χ0n) is 13.8. The molecular formula is C17H27ClN2O3. The number of nitrogens with one attached hydrogen (secondary N) is 1. The molecule has 0 bridgehead atoms. The van der Waals surface area contributed by atoms with E-state index in [0.29, 0.717) is 19.0 Å². The first-order valence-corrected chi connectivity index (χ1v) is 7.84. The van der Waals surface area contributed by atoms with Crippen LogP contribution in [0, 0.1) is 5.92 Å². The summed E-state index contributed by atoms with van der Waals surface area (Å²) >= 11 is 0. The molecule has 1 aliphatic rings. The predicted molar refractivity (Wildman–Crippen MR) is 94.2 cm³/mol. The zero-order chi connectivity index (χ0) is 16.0. The number of halogens is 1. The lowest BCUT2D eigenvalue weighted by Crippen LogP contribution is -2.51. The Hall–Kier alpha value is -1.30. The molecule has 1 amide bonds. The highest BCUT2D eigenvalue weighted by Gasteiger charge is 2.37. The molecule has 23 heavy (non-hydrogen) atoms. The van der Waals surface area contributed by atoms with Gasteiger partial charge in [-0.2, -0.15) is 0 Å². The van der Waals surface area contributed by atoms with Gasteiger partial charge in [-0.15, -0.1) is 12.4 Å². The topological polar surface area (TPSA) is 73.6 Å². The van der Waals surface area contributed by atoms with E-state index in [4.69, 9.17) is 15.2 Å². The van der Waals surface area contributed by atoms with E-state index in [-0.39, 0.29) is 24.2 Å². The van der Waals surface area contributed by atoms with Gasteiger partial charge in [-0.25, -0.2) is 0 Å². The predicted octanol–water partition coefficient (Wildman–Crippen LogP) is 2.98. The van der Waals surface area contributed by atoms with Crippen molar-refractivity contribution in [3.05, 3.63) is 24.3 Å². The number of rotatable bonds is 6. The molecule has 1 aromatic carbocycles. The average Bonchev–Trinajstić information content (AvgIpc) is 2.47. The molecule has 1 fully saturated rings. The van der Waals surface area contributed by atoms with E-state index in [1.165, 1.54) is 0 Å². The van der Waals surface area contributed by atoms with Crippen molar-refractivity contribution in [3.8, 4) is 5.75 Å². The van der Waals surface area contributed by atoms with Crippen molar-refractivity contribution in [1.82, 2.24) is 0 Å². The number of nitrogens with two attached hydrogens (primary N) is 1. The molecule has 0 spiro atoms. The van der Waals surface area contributed by atoms with Gasteiger partial charge < -0.3 is 20.5 Å². The zero-order valence-corrected chi connectivity index (χ0v) is 14.7. The number of methoxy groups -OCH3 is 1. The van der Waals surface area contributed by atoms with Gasteiger partial charge in [0, 0.05) is 24.4 Å². The van der Waals surface area contributed by atoms with Gasteiger partial charge in [0.1, 0.15) is 12.4 Å². The summed E-state index contributed by atoms with van der Waals surface area (Å²) in [6.45, 7) is 2.99. The molecule has 0 heterocycles. The summed E-state index contributed by atoms with van der Waals surface area (Å²) in [5, 5.41) is 2.97. The Bertz CT molecular complexity index is 508. The fourth-order valence-electron chi connectivity index (χ4n) is 2.92. The van der Waals surface area contributed by atoms with Crippen LogP contribution in [0.1, 0.15) is 32.6 Å². The van der Waals surface area contributed by atoms with E-state index < -0.39 is 5.54 Å². The Labute approximate surface area is 144 Å². The molecule has 0 radical (unpaired) electrons. The molecule has 130 valence electrons. The standard InChI is InChI=1S/C17H26N2O3.ClH/c1-17(18)9-4-3-8-15(17)16(20)19-13-6-5-7-14(12-13)22-11-10-21-2;/h5-7,12,15H,3-4,8-11,18H2,1-2H3,(H,19,20);1H. The van der Waals surface area contributed by atoms with Gasteiger partial charge in [-0.3, -0.25) is 4.79 Å². The Balaban J connectivity index is 0.00000264. The van der Waals surface area contributed by atoms with Gasteiger partial charge in [0.25, 0.3) is 0 Å². The number of carbonyl (C=O) groups excluding carboxylic acids is 1. The second kappa shape index (κ2) is 9.11. The molecule has 1 saturated carbocycles. The lowest BCUT2D eigenvalue weighted by molar-refractivity contribution is -0.122. The second-order valence-electron chi connectivity index (χ2n) is 6.16. The van der Waals surface area contributed by atoms with Gasteiger partial charge in [-0.1, -0.05) is 18.9 Å². The van der Waals surface area contributed by atoms with Crippen molar-refractivity contribution in [2.24, 2.45) is 11.7 Å². The van der Waals surface area contributed by atoms with Gasteiger partial charge in [0.2, 0.25) is 5.91 Å². The van der Waals surface area contributed by atoms with Crippen LogP contribution < -0.4 is 15.8 Å². The number of hydrogen-bond acceptors (Lipinski definition) is 4. The van der Waals surface area contributed by atoms with Crippen LogP contribution in [-0.4, -0.2) is 31.8 Å². The highest BCUT2D eigenvalue weighted by Crippen LogP contribution is 2.32. The second-order valence-corrected chi connectivity index (χ2v) is 6.16. The lowest BCUT2D eigenvalue weighted by Gasteiger charge is -2.37. The molecule has 2 atom stereocenters. The Morgan fingerprint density at radius 2 is 2.17 bits per heavy atom. The van der Waals surface area contributed by atoms with Crippen LogP contribution in [-0.2, 0) is 9.53 Å². The Morgan fingerprint density at radius 1 is 1.39 bits per heavy atom. The summed E-state index contributed by atoms with van der Waals surface area (Å²) in [5.41, 5.74) is 6.60. The van der Waals surface area contributed by atoms with Crippen molar-refractivity contribution >= 4 is 24.0 Å². The van der Waals surface area contributed by atoms with E-state index in [1.807, 2.05) is 31.2 Å². The van der Waals surface area contributed by atoms with Crippen LogP contribution in [0.15, 0.2) is 24.3 Å². The minimum Gasteiger partial charge on any atom is -0.491 e. The summed E-state index contributed by atoms with van der Waals surface area (Å²) < 4.78 is 10.5. The fraction of sp³-hybridized carbons (Fsp3) is 0.588. The van der Waals surface area contributed by atoms with Gasteiger partial charge in [-0.05, 0) is 31.9 Å². The van der Waals surface area contributed by atoms with Crippen molar-refractivity contribution < 1.29 is 14.3 Å². The normalized spacial score (nSPS) is 23.7. The van der Waals surface area contributed by atoms with Crippen LogP contribution >= 0.6 is 12.4 Å². The Morgan fingerprint density at radius 3 is 2.87 bits per heavy atom. The van der Waals surface area contributed by atoms with Crippen LogP contribution in [0.2, 0.25) is 0 Å². The number of hydrogen-bond donors (Lipinski definition) is 2. The smallest absolute Gasteiger partial charge is 0.229 e. The van der Waals surface area contributed by atoms with E-state index in [9.17, 15) is 4.79 Å². The summed E-state index contributed by atoms with van der Waals surface area (Å²) in [7, 11) is 1.63. The number of anilines is 1. The van der Waals surface area contributed by atoms with Crippen LogP contribution in [0.3, 0.4) is 0 Å². The molecule has 0 aromatic heterocycles. The van der Waals surface area contributed by atoms with Crippen molar-refractivity contribution in [2.75, 3.05) is 25.6 Å². The van der Waals surface area contributed by atoms with Gasteiger partial charge in [0.05, 0.1) is 12.5 Å². The highest BCUT2D eigenvalue weighted by molar-refractivity contribution is 5.93. The fourth-order valence-corrected chi connectivity index (χ4v) is 2.92. The first kappa shape index (κ1) is 19.7. The molecule has 0 aliphatic heterocycles. The maximum atomic E-state index is 12.5. The lowest BCUT2D eigenvalue weighted by atomic mass is 9.74. The van der Waals surface area contributed by atoms with Gasteiger partial charge in [0.15, 0.2) is 0 Å². The molecule has 0 saturated heterocycles. The molecule has 5 nitrogen and oxygen atoms in total. The maximum Gasteiger partial charge on any atom is 0.229 e. The van der Waals surface area contributed by atoms with Crippen LogP contribution in [0.5, 0.6) is 5.75 Å². The molecule has 1 aromatic rings. The summed E-state index contributed by atoms with van der Waals surface area (Å²) in [6, 6.07) is 7.40. The third-order valence-electron chi connectivity index (χ3n) is 4.23. The third-order valence-corrected chi connectivity index (χ3v) is 4.23. The summed E-state index contributed by atoms with van der Waals surface area (Å²) in [6.07, 6.45) is 3.90. The number of ether oxygens (including phenoxy) is 2. The minimum absolute atomic E-state index is 0. The summed E-state index contributed by atoms with van der Waals surface area (Å²) in [5.74, 6) is 0.576. The average molecular weight is 343 g/mol. The van der Waals surface area contributed by atoms with Crippen molar-refractivity contribution in [3.63, 3.8) is 0 Å². The SMILES string of the molecule is COCCOc1cccc(NC(=O)C2CCCCC2(C)N)c1.Cl. The first-order chi connectivity index (χ1) is 10.5. The van der Waals surface area contributed by atoms with E-state index in [1.54, 1.807) is 7.11 Å². The number of carbonyl (C=O) groups is 1. The highest BCUT2D eigenvalue weighted by atomic mass is 35.5. The van der Waals surface area contributed by atoms with E-state index >= 15 is 0 Å². The number of amides is 1. The van der Waals surface area contributed by atoms with Crippen LogP contribution in [0.25, 0.3) is 0 Å². The maximum absolute atomic E-state index is 12.5. The van der Waals surface area contributed by atoms with Crippen LogP contribution in [0.4, 0.5) is 5.69 Å². The summed E-state index contributed by atoms with van der Waals surface area (Å²) in [4.78, 5) is 12.5.